The van der Waals surface area contributed by atoms with E-state index in [0.29, 0.717) is 12.8 Å². The first kappa shape index (κ1) is 21.9. The number of phenols is 4. The molecule has 0 aliphatic heterocycles. The number of benzene rings is 4. The zero-order valence-corrected chi connectivity index (χ0v) is 20.6. The number of fused-ring (bicyclic) bond motifs is 3. The molecule has 6 heteroatoms. The summed E-state index contributed by atoms with van der Waals surface area (Å²) in [5.74, 6) is -0.0108. The molecule has 4 aromatic rings. The first-order valence-corrected chi connectivity index (χ1v) is 12.0. The quantitative estimate of drug-likeness (QED) is 0.219. The van der Waals surface area contributed by atoms with E-state index in [9.17, 15) is 20.4 Å². The predicted molar refractivity (Wildman–Crippen MR) is 135 cm³/mol. The van der Waals surface area contributed by atoms with Crippen molar-refractivity contribution >= 4 is 31.9 Å². The average molecular weight is 568 g/mol. The van der Waals surface area contributed by atoms with E-state index in [-0.39, 0.29) is 23.0 Å². The Hall–Kier alpha value is -2.96. The monoisotopic (exact) mass is 566 g/mol. The van der Waals surface area contributed by atoms with Gasteiger partial charge in [-0.2, -0.15) is 0 Å². The molecular weight excluding hydrogens is 548 g/mol. The summed E-state index contributed by atoms with van der Waals surface area (Å²) in [6, 6.07) is 21.7. The van der Waals surface area contributed by atoms with E-state index in [4.69, 9.17) is 0 Å². The van der Waals surface area contributed by atoms with Crippen LogP contribution < -0.4 is 0 Å². The number of halogens is 2. The van der Waals surface area contributed by atoms with Gasteiger partial charge in [0.05, 0.1) is 0 Å². The standard InChI is InChI=1S/C27H20Br2O4/c28-17-1-3-23-24-4-2-18(29)10-26(24)27(25(23)9-17,13-15-5-19(30)11-20(31)6-15)14-16-7-21(32)12-22(33)8-16/h1-12,30-33H,13-14H2. The average Bonchev–Trinajstić information content (AvgIpc) is 2.95. The van der Waals surface area contributed by atoms with Crippen LogP contribution in [0.1, 0.15) is 22.3 Å². The van der Waals surface area contributed by atoms with Crippen LogP contribution in [0.25, 0.3) is 11.1 Å². The highest BCUT2D eigenvalue weighted by Gasteiger charge is 2.44. The fraction of sp³-hybridized carbons (Fsp3) is 0.111. The van der Waals surface area contributed by atoms with Crippen LogP contribution in [0.2, 0.25) is 0 Å². The minimum absolute atomic E-state index is 0.00271. The fourth-order valence-electron chi connectivity index (χ4n) is 5.10. The van der Waals surface area contributed by atoms with Crippen molar-refractivity contribution in [3.63, 3.8) is 0 Å². The van der Waals surface area contributed by atoms with E-state index in [2.05, 4.69) is 56.1 Å². The smallest absolute Gasteiger partial charge is 0.119 e. The zero-order chi connectivity index (χ0) is 23.3. The van der Waals surface area contributed by atoms with Gasteiger partial charge in [0.15, 0.2) is 0 Å². The normalized spacial score (nSPS) is 13.5. The summed E-state index contributed by atoms with van der Waals surface area (Å²) >= 11 is 7.25. The number of hydrogen-bond donors (Lipinski definition) is 4. The molecule has 0 radical (unpaired) electrons. The second kappa shape index (κ2) is 8.12. The van der Waals surface area contributed by atoms with Gasteiger partial charge < -0.3 is 20.4 Å². The lowest BCUT2D eigenvalue weighted by Gasteiger charge is -2.33. The molecule has 33 heavy (non-hydrogen) atoms. The van der Waals surface area contributed by atoms with E-state index in [1.54, 1.807) is 24.3 Å². The predicted octanol–water partition coefficient (Wildman–Crippen LogP) is 6.79. The summed E-state index contributed by atoms with van der Waals surface area (Å²) < 4.78 is 1.88. The van der Waals surface area contributed by atoms with Gasteiger partial charge in [-0.05, 0) is 94.8 Å². The minimum atomic E-state index is -0.585. The van der Waals surface area contributed by atoms with Gasteiger partial charge in [0.2, 0.25) is 0 Å². The Morgan fingerprint density at radius 1 is 0.515 bits per heavy atom. The lowest BCUT2D eigenvalue weighted by Crippen LogP contribution is -2.31. The highest BCUT2D eigenvalue weighted by Crippen LogP contribution is 2.54. The van der Waals surface area contributed by atoms with Gasteiger partial charge in [0.1, 0.15) is 23.0 Å². The number of phenolic OH excluding ortho intramolecular Hbond substituents is 4. The molecule has 4 N–H and O–H groups in total. The maximum atomic E-state index is 10.2. The molecule has 0 atom stereocenters. The first-order chi connectivity index (χ1) is 15.7. The van der Waals surface area contributed by atoms with Crippen LogP contribution >= 0.6 is 31.9 Å². The van der Waals surface area contributed by atoms with Gasteiger partial charge >= 0.3 is 0 Å². The van der Waals surface area contributed by atoms with Crippen LogP contribution in [0.15, 0.2) is 81.7 Å². The Bertz CT molecular complexity index is 1250. The maximum Gasteiger partial charge on any atom is 0.119 e. The number of aromatic hydroxyl groups is 4. The van der Waals surface area contributed by atoms with Gasteiger partial charge in [0.25, 0.3) is 0 Å². The fourth-order valence-corrected chi connectivity index (χ4v) is 5.82. The molecule has 0 aromatic heterocycles. The van der Waals surface area contributed by atoms with Crippen molar-refractivity contribution in [2.24, 2.45) is 0 Å². The summed E-state index contributed by atoms with van der Waals surface area (Å²) in [6.07, 6.45) is 0.969. The molecule has 0 saturated heterocycles. The summed E-state index contributed by atoms with van der Waals surface area (Å²) in [4.78, 5) is 0. The van der Waals surface area contributed by atoms with Crippen molar-refractivity contribution in [2.45, 2.75) is 18.3 Å². The number of rotatable bonds is 4. The minimum Gasteiger partial charge on any atom is -0.508 e. The molecule has 0 fully saturated rings. The van der Waals surface area contributed by atoms with E-state index in [1.807, 2.05) is 12.1 Å². The second-order valence-corrected chi connectivity index (χ2v) is 10.4. The summed E-state index contributed by atoms with van der Waals surface area (Å²) in [6.45, 7) is 0. The molecule has 0 unspecified atom stereocenters. The van der Waals surface area contributed by atoms with Crippen LogP contribution in [0.5, 0.6) is 23.0 Å². The first-order valence-electron chi connectivity index (χ1n) is 10.4. The lowest BCUT2D eigenvalue weighted by atomic mass is 9.69. The van der Waals surface area contributed by atoms with E-state index in [1.165, 1.54) is 12.1 Å². The number of hydrogen-bond acceptors (Lipinski definition) is 4. The van der Waals surface area contributed by atoms with Gasteiger partial charge in [-0.3, -0.25) is 0 Å². The molecule has 0 amide bonds. The van der Waals surface area contributed by atoms with Crippen LogP contribution in [-0.2, 0) is 18.3 Å². The van der Waals surface area contributed by atoms with E-state index in [0.717, 1.165) is 42.3 Å². The Morgan fingerprint density at radius 2 is 0.879 bits per heavy atom. The molecule has 0 heterocycles. The lowest BCUT2D eigenvalue weighted by molar-refractivity contribution is 0.443. The maximum absolute atomic E-state index is 10.2. The van der Waals surface area contributed by atoms with Crippen molar-refractivity contribution in [2.75, 3.05) is 0 Å². The van der Waals surface area contributed by atoms with Crippen LogP contribution in [0, 0.1) is 0 Å². The van der Waals surface area contributed by atoms with Crippen molar-refractivity contribution in [1.82, 2.24) is 0 Å². The SMILES string of the molecule is Oc1cc(O)cc(CC2(Cc3cc(O)cc(O)c3)c3cc(Br)ccc3-c3ccc(Br)cc32)c1. The Labute approximate surface area is 208 Å². The van der Waals surface area contributed by atoms with Gasteiger partial charge in [-0.1, -0.05) is 44.0 Å². The van der Waals surface area contributed by atoms with E-state index < -0.39 is 5.41 Å². The third-order valence-electron chi connectivity index (χ3n) is 6.22. The Kier molecular flexibility index (Phi) is 5.38. The molecular formula is C27H20Br2O4. The largest absolute Gasteiger partial charge is 0.508 e. The third kappa shape index (κ3) is 3.98. The molecule has 5 rings (SSSR count). The highest BCUT2D eigenvalue weighted by atomic mass is 79.9. The Morgan fingerprint density at radius 3 is 1.24 bits per heavy atom. The zero-order valence-electron chi connectivity index (χ0n) is 17.4. The molecule has 4 nitrogen and oxygen atoms in total. The molecule has 0 spiro atoms. The van der Waals surface area contributed by atoms with Gasteiger partial charge in [-0.15, -0.1) is 0 Å². The van der Waals surface area contributed by atoms with Crippen molar-refractivity contribution in [1.29, 1.82) is 0 Å². The van der Waals surface area contributed by atoms with E-state index >= 15 is 0 Å². The Balaban J connectivity index is 1.79. The topological polar surface area (TPSA) is 80.9 Å². The van der Waals surface area contributed by atoms with Crippen molar-refractivity contribution in [3.8, 4) is 34.1 Å². The molecule has 1 aliphatic carbocycles. The van der Waals surface area contributed by atoms with Crippen molar-refractivity contribution < 1.29 is 20.4 Å². The third-order valence-corrected chi connectivity index (χ3v) is 7.21. The summed E-state index contributed by atoms with van der Waals surface area (Å²) in [5, 5.41) is 40.6. The highest BCUT2D eigenvalue weighted by molar-refractivity contribution is 9.10. The van der Waals surface area contributed by atoms with Crippen LogP contribution in [0.3, 0.4) is 0 Å². The molecule has 0 bridgehead atoms. The van der Waals surface area contributed by atoms with Crippen LogP contribution in [-0.4, -0.2) is 20.4 Å². The van der Waals surface area contributed by atoms with Gasteiger partial charge in [-0.25, -0.2) is 0 Å². The molecule has 0 saturated carbocycles. The van der Waals surface area contributed by atoms with Crippen molar-refractivity contribution in [3.05, 3.63) is 104 Å². The summed E-state index contributed by atoms with van der Waals surface area (Å²) in [7, 11) is 0. The van der Waals surface area contributed by atoms with Gasteiger partial charge in [0, 0.05) is 26.5 Å². The second-order valence-electron chi connectivity index (χ2n) is 8.53. The molecule has 166 valence electrons. The molecule has 1 aliphatic rings. The summed E-state index contributed by atoms with van der Waals surface area (Å²) in [5.41, 5.74) is 5.36. The molecule has 4 aromatic carbocycles. The van der Waals surface area contributed by atoms with Crippen LogP contribution in [0.4, 0.5) is 0 Å².